The number of hydrogen-bond donors (Lipinski definition) is 12. The van der Waals surface area contributed by atoms with E-state index < -0.39 is 145 Å². The first kappa shape index (κ1) is 73.4. The maximum absolute atomic E-state index is 14.4. The first-order valence-electron chi connectivity index (χ1n) is 29.2. The molecule has 0 fully saturated rings. The zero-order chi connectivity index (χ0) is 65.8. The number of aliphatic imine (C=N–C) groups is 1. The van der Waals surface area contributed by atoms with Crippen LogP contribution in [0.2, 0.25) is 0 Å². The number of nitrogens with zero attached hydrogens (tertiary/aromatic N) is 8. The Kier molecular flexibility index (Phi) is 30.9. The number of amides is 11. The van der Waals surface area contributed by atoms with E-state index >= 15 is 0 Å². The van der Waals surface area contributed by atoms with Crippen LogP contribution in [0.4, 0.5) is 0 Å². The molecule has 11 amide bonds. The average Bonchev–Trinajstić information content (AvgIpc) is 4.05. The van der Waals surface area contributed by atoms with Crippen molar-refractivity contribution in [2.75, 3.05) is 53.9 Å². The van der Waals surface area contributed by atoms with E-state index in [4.69, 9.17) is 22.9 Å². The number of carboxylic acids is 1. The zero-order valence-electron chi connectivity index (χ0n) is 51.3. The Hall–Kier alpha value is -8.81. The first-order valence-corrected chi connectivity index (χ1v) is 29.2. The Labute approximate surface area is 511 Å². The number of aliphatic hydroxyl groups is 1. The van der Waals surface area contributed by atoms with Crippen LogP contribution in [0.3, 0.4) is 0 Å². The van der Waals surface area contributed by atoms with Crippen molar-refractivity contribution in [3.63, 3.8) is 0 Å². The molecule has 16 N–H and O–H groups in total. The van der Waals surface area contributed by atoms with Gasteiger partial charge in [0.05, 0.1) is 38.9 Å². The van der Waals surface area contributed by atoms with Crippen molar-refractivity contribution >= 4 is 76.9 Å². The lowest BCUT2D eigenvalue weighted by Gasteiger charge is -2.33. The normalized spacial score (nSPS) is 23.2. The highest BCUT2D eigenvalue weighted by atomic mass is 16.4. The van der Waals surface area contributed by atoms with Crippen molar-refractivity contribution in [3.8, 4) is 0 Å². The minimum absolute atomic E-state index is 0.00906. The van der Waals surface area contributed by atoms with Gasteiger partial charge in [-0.3, -0.25) is 67.2 Å². The third-order valence-corrected chi connectivity index (χ3v) is 14.3. The molecule has 0 unspecified atom stereocenters. The number of carbonyl (C=O) groups is 12. The molecule has 88 heavy (non-hydrogen) atoms. The van der Waals surface area contributed by atoms with Crippen LogP contribution in [-0.4, -0.2) is 224 Å². The molecule has 0 radical (unpaired) electrons. The van der Waals surface area contributed by atoms with Crippen LogP contribution in [0.5, 0.6) is 0 Å². The lowest BCUT2D eigenvalue weighted by molar-refractivity contribution is -0.145. The number of likely N-dealkylation sites (N-methyl/N-ethyl adjacent to an activating group) is 3. The fourth-order valence-corrected chi connectivity index (χ4v) is 9.56. The van der Waals surface area contributed by atoms with Crippen LogP contribution < -0.4 is 54.8 Å². The summed E-state index contributed by atoms with van der Waals surface area (Å²) >= 11 is 0. The molecule has 1 aliphatic heterocycles. The summed E-state index contributed by atoms with van der Waals surface area (Å²) in [6.07, 6.45) is 3.11. The molecule has 2 aromatic rings. The van der Waals surface area contributed by atoms with Crippen LogP contribution in [0, 0.1) is 5.92 Å². The number of aryl methyl sites for hydroxylation is 1. The predicted molar refractivity (Wildman–Crippen MR) is 319 cm³/mol. The number of unbranched alkanes of at least 4 members (excludes halogenated alkanes) is 1. The molecule has 0 saturated heterocycles. The number of aliphatic hydroxyl groups excluding tert-OH is 1. The number of fused-ring (bicyclic) bond motifs is 2. The highest BCUT2D eigenvalue weighted by Gasteiger charge is 2.38. The minimum Gasteiger partial charge on any atom is -0.481 e. The molecule has 2 bridgehead atoms. The maximum atomic E-state index is 14.4. The third kappa shape index (κ3) is 24.9. The average molecular weight is 1240 g/mol. The molecule has 0 aliphatic carbocycles. The van der Waals surface area contributed by atoms with E-state index in [-0.39, 0.29) is 69.2 Å². The molecule has 1 aliphatic rings. The van der Waals surface area contributed by atoms with Crippen molar-refractivity contribution in [2.45, 2.75) is 166 Å². The molecule has 32 nitrogen and oxygen atoms in total. The third-order valence-electron chi connectivity index (χ3n) is 14.3. The Morgan fingerprint density at radius 2 is 1.28 bits per heavy atom. The number of carbonyl (C=O) groups excluding carboxylic acids is 11. The Morgan fingerprint density at radius 1 is 0.682 bits per heavy atom. The van der Waals surface area contributed by atoms with E-state index in [2.05, 4.69) is 47.2 Å². The molecule has 32 heteroatoms. The second-order valence-electron chi connectivity index (χ2n) is 22.2. The van der Waals surface area contributed by atoms with E-state index in [0.29, 0.717) is 50.8 Å². The predicted octanol–water partition coefficient (Wildman–Crippen LogP) is -4.33. The first-order chi connectivity index (χ1) is 41.6. The van der Waals surface area contributed by atoms with Gasteiger partial charge in [-0.15, -0.1) is 5.10 Å². The van der Waals surface area contributed by atoms with Gasteiger partial charge in [0.2, 0.25) is 65.0 Å². The van der Waals surface area contributed by atoms with E-state index in [0.717, 1.165) is 19.6 Å². The molecule has 2 heterocycles. The van der Waals surface area contributed by atoms with Gasteiger partial charge in [0, 0.05) is 47.1 Å². The van der Waals surface area contributed by atoms with Crippen LogP contribution in [0.15, 0.2) is 41.5 Å². The summed E-state index contributed by atoms with van der Waals surface area (Å²) in [6.45, 7) is 4.23. The van der Waals surface area contributed by atoms with Gasteiger partial charge in [-0.25, -0.2) is 0 Å². The SMILES string of the molecule is CC(C)C[C@H]1C(=O)N[C@@H](CCCN=C(N)N)C(=O)N(C)CC(=O)N[C@@H](CC(=O)O)C(=O)N[C@@H](CO)C(=O)N(C)[C@@H](Cc2ccccc2)C(=O)N[C@@H](C)C(=O)N(CC(N)=O)Cc2cn(nn2)CCCCCC(=O)N[C@@H](CCCCN)C(=O)N[C@@H](C)C(=O)N1C. The van der Waals surface area contributed by atoms with Crippen LogP contribution in [0.25, 0.3) is 0 Å². The van der Waals surface area contributed by atoms with E-state index in [1.54, 1.807) is 50.4 Å². The molecule has 1 aromatic heterocycles. The zero-order valence-corrected chi connectivity index (χ0v) is 51.3. The van der Waals surface area contributed by atoms with Crippen LogP contribution in [0.1, 0.15) is 110 Å². The number of aromatic nitrogens is 3. The summed E-state index contributed by atoms with van der Waals surface area (Å²) in [7, 11) is 3.75. The van der Waals surface area contributed by atoms with Gasteiger partial charge in [0.1, 0.15) is 54.0 Å². The van der Waals surface area contributed by atoms with Gasteiger partial charge in [-0.05, 0) is 83.2 Å². The van der Waals surface area contributed by atoms with Crippen molar-refractivity contribution in [1.29, 1.82) is 0 Å². The molecular weight excluding hydrogens is 1150 g/mol. The van der Waals surface area contributed by atoms with Gasteiger partial charge < -0.3 is 84.6 Å². The van der Waals surface area contributed by atoms with Crippen LogP contribution in [-0.2, 0) is 77.0 Å². The van der Waals surface area contributed by atoms with Gasteiger partial charge >= 0.3 is 5.97 Å². The van der Waals surface area contributed by atoms with E-state index in [1.165, 1.54) is 39.7 Å². The topological polar surface area (TPSA) is 478 Å². The number of primary amides is 1. The standard InChI is InChI=1S/C56H90N18O14/c1-33(2)25-42-51(84)66-39(20-16-23-61-56(59)60)54(87)70(5)31-46(78)65-40(27-47(79)80)49(82)67-41(32-75)55(88)72(7)43(26-36-17-10-8-11-18-36)50(83)63-35(4)53(86)73(30-44(58)76)28-37-29-74(69-68-37)24-15-9-12-21-45(77)64-38(19-13-14-22-57)48(81)62-34(3)52(85)71(42)6/h8,10-11,17-18,29,33-35,38-43,75H,9,12-16,19-28,30-32,57H2,1-7H3,(H2,58,76)(H,62,81)(H,63,83)(H,64,77)(H,65,78)(H,66,84)(H,67,82)(H,79,80)(H4,59,60,61)/t34-,35-,38-,39-,40-,41-,42-,43-/m0/s1. The van der Waals surface area contributed by atoms with Crippen molar-refractivity contribution in [3.05, 3.63) is 47.8 Å². The molecule has 0 spiro atoms. The van der Waals surface area contributed by atoms with Gasteiger partial charge in [0.15, 0.2) is 5.96 Å². The largest absolute Gasteiger partial charge is 0.481 e. The molecule has 488 valence electrons. The minimum atomic E-state index is -1.93. The number of hydrogen-bond acceptors (Lipinski definition) is 17. The lowest BCUT2D eigenvalue weighted by Crippen LogP contribution is -2.60. The number of benzene rings is 1. The Balaban J connectivity index is 2.08. The second-order valence-corrected chi connectivity index (χ2v) is 22.2. The number of aliphatic carboxylic acids is 1. The molecular formula is C56H90N18O14. The Bertz CT molecular complexity index is 2740. The number of rotatable bonds is 17. The highest BCUT2D eigenvalue weighted by Crippen LogP contribution is 2.17. The van der Waals surface area contributed by atoms with E-state index in [1.807, 2.05) is 0 Å². The van der Waals surface area contributed by atoms with Gasteiger partial charge in [0.25, 0.3) is 0 Å². The fourth-order valence-electron chi connectivity index (χ4n) is 9.56. The fraction of sp³-hybridized carbons (Fsp3) is 0.625. The van der Waals surface area contributed by atoms with Crippen molar-refractivity contribution < 1.29 is 67.7 Å². The number of nitrogens with one attached hydrogen (secondary N) is 6. The second kappa shape index (κ2) is 37.0. The number of guanidine groups is 1. The highest BCUT2D eigenvalue weighted by molar-refractivity contribution is 5.99. The summed E-state index contributed by atoms with van der Waals surface area (Å²) in [5.74, 6) is -11.4. The Morgan fingerprint density at radius 3 is 1.91 bits per heavy atom. The molecule has 1 aromatic carbocycles. The summed E-state index contributed by atoms with van der Waals surface area (Å²) in [5, 5.41) is 43.9. The molecule has 8 atom stereocenters. The molecule has 0 saturated carbocycles. The quantitative estimate of drug-likeness (QED) is 0.0405. The van der Waals surface area contributed by atoms with E-state index in [9.17, 15) is 67.7 Å². The smallest absolute Gasteiger partial charge is 0.305 e. The van der Waals surface area contributed by atoms with Crippen LogP contribution >= 0.6 is 0 Å². The number of carboxylic acid groups (broad SMARTS) is 1. The maximum Gasteiger partial charge on any atom is 0.305 e. The van der Waals surface area contributed by atoms with Crippen molar-refractivity contribution in [1.82, 2.24) is 66.5 Å². The summed E-state index contributed by atoms with van der Waals surface area (Å²) in [4.78, 5) is 172. The van der Waals surface area contributed by atoms with Gasteiger partial charge in [-0.1, -0.05) is 55.8 Å². The summed E-state index contributed by atoms with van der Waals surface area (Å²) < 4.78 is 1.50. The summed E-state index contributed by atoms with van der Waals surface area (Å²) in [5.41, 5.74) is 23.1. The molecule has 3 rings (SSSR count). The summed E-state index contributed by atoms with van der Waals surface area (Å²) in [6, 6.07) is -3.10. The monoisotopic (exact) mass is 1240 g/mol. The number of nitrogens with two attached hydrogens (primary N) is 4. The van der Waals surface area contributed by atoms with Gasteiger partial charge in [-0.2, -0.15) is 0 Å². The van der Waals surface area contributed by atoms with Crippen molar-refractivity contribution in [2.24, 2.45) is 33.8 Å². The lowest BCUT2D eigenvalue weighted by atomic mass is 10.00.